The lowest BCUT2D eigenvalue weighted by Gasteiger charge is -2.06. The highest BCUT2D eigenvalue weighted by Crippen LogP contribution is 2.12. The Kier molecular flexibility index (Phi) is 5.46. The van der Waals surface area contributed by atoms with Crippen molar-refractivity contribution < 1.29 is 31.3 Å². The van der Waals surface area contributed by atoms with Gasteiger partial charge in [-0.15, -0.1) is 6.58 Å². The van der Waals surface area contributed by atoms with E-state index < -0.39 is 28.0 Å². The largest absolute Gasteiger partial charge is 0.514 e. The fourth-order valence-electron chi connectivity index (χ4n) is 0.962. The van der Waals surface area contributed by atoms with Gasteiger partial charge in [-0.2, -0.15) is 8.42 Å². The maximum Gasteiger partial charge on any atom is 0.514 e. The Bertz CT molecular complexity index is 554. The van der Waals surface area contributed by atoms with Crippen LogP contribution >= 0.6 is 0 Å². The number of hydrogen-bond donors (Lipinski definition) is 0. The third-order valence-electron chi connectivity index (χ3n) is 1.68. The van der Waals surface area contributed by atoms with Gasteiger partial charge in [-0.1, -0.05) is 12.1 Å². The Morgan fingerprint density at radius 2 is 2.16 bits per heavy atom. The molecular formula is C11H11FO6S. The summed E-state index contributed by atoms with van der Waals surface area (Å²) in [5, 5.41) is 0. The molecule has 104 valence electrons. The summed E-state index contributed by atoms with van der Waals surface area (Å²) >= 11 is 0. The van der Waals surface area contributed by atoms with Gasteiger partial charge < -0.3 is 9.47 Å². The van der Waals surface area contributed by atoms with Crippen LogP contribution in [-0.2, 0) is 19.0 Å². The third-order valence-corrected chi connectivity index (χ3v) is 2.59. The van der Waals surface area contributed by atoms with E-state index in [1.165, 1.54) is 18.2 Å². The number of rotatable bonds is 6. The van der Waals surface area contributed by atoms with Crippen molar-refractivity contribution in [1.29, 1.82) is 0 Å². The first-order valence-corrected chi connectivity index (χ1v) is 6.59. The Morgan fingerprint density at radius 3 is 2.79 bits per heavy atom. The molecule has 0 bridgehead atoms. The van der Waals surface area contributed by atoms with Crippen LogP contribution in [0, 0.1) is 5.82 Å². The topological polar surface area (TPSA) is 78.9 Å². The highest BCUT2D eigenvalue weighted by molar-refractivity contribution is 7.86. The molecule has 0 aliphatic carbocycles. The molecule has 0 heterocycles. The number of halogens is 1. The summed E-state index contributed by atoms with van der Waals surface area (Å²) in [6.45, 7) is 3.03. The predicted octanol–water partition coefficient (Wildman–Crippen LogP) is 1.83. The van der Waals surface area contributed by atoms with Crippen molar-refractivity contribution in [3.8, 4) is 5.75 Å². The van der Waals surface area contributed by atoms with Crippen LogP contribution in [0.25, 0.3) is 0 Å². The molecule has 0 aromatic heterocycles. The summed E-state index contributed by atoms with van der Waals surface area (Å²) in [6.07, 6.45) is -0.0563. The molecule has 0 saturated carbocycles. The third kappa shape index (κ3) is 5.98. The van der Waals surface area contributed by atoms with Crippen LogP contribution in [-0.4, -0.2) is 27.1 Å². The van der Waals surface area contributed by atoms with Crippen LogP contribution in [0.15, 0.2) is 36.9 Å². The van der Waals surface area contributed by atoms with Crippen molar-refractivity contribution in [1.82, 2.24) is 0 Å². The van der Waals surface area contributed by atoms with Gasteiger partial charge >= 0.3 is 16.3 Å². The van der Waals surface area contributed by atoms with Crippen molar-refractivity contribution in [2.24, 2.45) is 0 Å². The van der Waals surface area contributed by atoms with Crippen molar-refractivity contribution in [2.75, 3.05) is 12.5 Å². The van der Waals surface area contributed by atoms with Crippen LogP contribution in [0.1, 0.15) is 0 Å². The molecule has 6 nitrogen and oxygen atoms in total. The van der Waals surface area contributed by atoms with Crippen molar-refractivity contribution >= 4 is 16.3 Å². The van der Waals surface area contributed by atoms with Gasteiger partial charge in [0.25, 0.3) is 0 Å². The summed E-state index contributed by atoms with van der Waals surface area (Å²) in [5.41, 5.74) is 0. The molecule has 1 aromatic rings. The monoisotopic (exact) mass is 290 g/mol. The van der Waals surface area contributed by atoms with Crippen molar-refractivity contribution in [2.45, 2.75) is 0 Å². The van der Waals surface area contributed by atoms with E-state index in [2.05, 4.69) is 20.2 Å². The molecule has 0 N–H and O–H groups in total. The van der Waals surface area contributed by atoms with Crippen LogP contribution in [0.2, 0.25) is 0 Å². The normalized spacial score (nSPS) is 10.8. The van der Waals surface area contributed by atoms with Gasteiger partial charge in [0, 0.05) is 6.07 Å². The second-order valence-corrected chi connectivity index (χ2v) is 4.79. The van der Waals surface area contributed by atoms with E-state index in [1.807, 2.05) is 0 Å². The molecule has 19 heavy (non-hydrogen) atoms. The molecule has 0 fully saturated rings. The van der Waals surface area contributed by atoms with Crippen LogP contribution in [0.5, 0.6) is 5.75 Å². The van der Waals surface area contributed by atoms with Crippen molar-refractivity contribution in [3.63, 3.8) is 0 Å². The van der Waals surface area contributed by atoms with Gasteiger partial charge in [0.2, 0.25) is 5.94 Å². The van der Waals surface area contributed by atoms with E-state index in [0.717, 1.165) is 12.1 Å². The number of carbonyl (C=O) groups excluding carboxylic acids is 1. The molecule has 1 rings (SSSR count). The summed E-state index contributed by atoms with van der Waals surface area (Å²) in [4.78, 5) is 11.1. The van der Waals surface area contributed by atoms with Crippen molar-refractivity contribution in [3.05, 3.63) is 42.7 Å². The molecule has 0 aliphatic heterocycles. The van der Waals surface area contributed by atoms with E-state index in [0.29, 0.717) is 0 Å². The lowest BCUT2D eigenvalue weighted by atomic mass is 10.3. The summed E-state index contributed by atoms with van der Waals surface area (Å²) in [6, 6.07) is 4.74. The highest BCUT2D eigenvalue weighted by Gasteiger charge is 2.15. The SMILES string of the molecule is C=CCOS(=O)(=O)COC(=O)Oc1cccc(F)c1. The fourth-order valence-corrected chi connectivity index (χ4v) is 1.57. The lowest BCUT2D eigenvalue weighted by molar-refractivity contribution is 0.111. The maximum atomic E-state index is 12.8. The first-order valence-electron chi connectivity index (χ1n) is 5.01. The van der Waals surface area contributed by atoms with E-state index in [1.54, 1.807) is 0 Å². The fraction of sp³-hybridized carbons (Fsp3) is 0.182. The molecule has 8 heteroatoms. The molecule has 0 saturated heterocycles. The summed E-state index contributed by atoms with van der Waals surface area (Å²) in [5.74, 6) is -1.71. The highest BCUT2D eigenvalue weighted by atomic mass is 32.2. The quantitative estimate of drug-likeness (QED) is 0.344. The standard InChI is InChI=1S/C11H11FO6S/c1-2-6-17-19(14,15)8-16-11(13)18-10-5-3-4-9(12)7-10/h2-5,7H,1,6,8H2. The molecule has 0 spiro atoms. The zero-order chi connectivity index (χ0) is 14.3. The van der Waals surface area contributed by atoms with Gasteiger partial charge in [-0.3, -0.25) is 4.18 Å². The molecule has 0 amide bonds. The molecular weight excluding hydrogens is 279 g/mol. The summed E-state index contributed by atoms with van der Waals surface area (Å²) in [7, 11) is -4.01. The molecule has 0 atom stereocenters. The second-order valence-electron chi connectivity index (χ2n) is 3.20. The average Bonchev–Trinajstić information content (AvgIpc) is 2.34. The average molecular weight is 290 g/mol. The number of carbonyl (C=O) groups is 1. The van der Waals surface area contributed by atoms with E-state index >= 15 is 0 Å². The minimum absolute atomic E-state index is 0.102. The minimum Gasteiger partial charge on any atom is -0.415 e. The van der Waals surface area contributed by atoms with Crippen LogP contribution < -0.4 is 4.74 Å². The van der Waals surface area contributed by atoms with Gasteiger partial charge in [-0.05, 0) is 12.1 Å². The predicted molar refractivity (Wildman–Crippen MR) is 63.4 cm³/mol. The number of benzene rings is 1. The lowest BCUT2D eigenvalue weighted by Crippen LogP contribution is -2.19. The Balaban J connectivity index is 2.46. The summed E-state index contributed by atoms with van der Waals surface area (Å²) < 4.78 is 48.3. The first kappa shape index (κ1) is 15.1. The van der Waals surface area contributed by atoms with E-state index in [9.17, 15) is 17.6 Å². The zero-order valence-electron chi connectivity index (χ0n) is 9.74. The van der Waals surface area contributed by atoms with Crippen LogP contribution in [0.4, 0.5) is 9.18 Å². The van der Waals surface area contributed by atoms with E-state index in [-0.39, 0.29) is 12.4 Å². The van der Waals surface area contributed by atoms with Gasteiger partial charge in [-0.25, -0.2) is 9.18 Å². The Morgan fingerprint density at radius 1 is 1.42 bits per heavy atom. The minimum atomic E-state index is -4.01. The molecule has 0 radical (unpaired) electrons. The number of hydrogen-bond acceptors (Lipinski definition) is 6. The van der Waals surface area contributed by atoms with E-state index in [4.69, 9.17) is 0 Å². The Labute approximate surface area is 109 Å². The Hall–Kier alpha value is -1.93. The molecule has 1 aromatic carbocycles. The van der Waals surface area contributed by atoms with Gasteiger partial charge in [0.1, 0.15) is 11.6 Å². The second kappa shape index (κ2) is 6.86. The first-order chi connectivity index (χ1) is 8.93. The zero-order valence-corrected chi connectivity index (χ0v) is 10.6. The van der Waals surface area contributed by atoms with Gasteiger partial charge in [0.15, 0.2) is 0 Å². The smallest absolute Gasteiger partial charge is 0.415 e. The molecule has 0 aliphatic rings. The van der Waals surface area contributed by atoms with Gasteiger partial charge in [0.05, 0.1) is 6.61 Å². The molecule has 0 unspecified atom stereocenters. The van der Waals surface area contributed by atoms with Crippen LogP contribution in [0.3, 0.4) is 0 Å². The maximum absolute atomic E-state index is 12.8. The number of ether oxygens (including phenoxy) is 2.